The van der Waals surface area contributed by atoms with Crippen molar-refractivity contribution < 1.29 is 14.3 Å². The fourth-order valence-corrected chi connectivity index (χ4v) is 6.02. The summed E-state index contributed by atoms with van der Waals surface area (Å²) in [6.07, 6.45) is 11.8. The van der Waals surface area contributed by atoms with Crippen molar-refractivity contribution in [1.29, 1.82) is 0 Å². The number of rotatable bonds is 11. The van der Waals surface area contributed by atoms with Crippen LogP contribution in [-0.2, 0) is 14.3 Å². The number of hydrogen-bond donors (Lipinski definition) is 0. The second-order valence-electron chi connectivity index (χ2n) is 10.2. The van der Waals surface area contributed by atoms with E-state index in [1.54, 1.807) is 7.11 Å². The molecular formula is C24H44O3. The Hall–Kier alpha value is -0.410. The van der Waals surface area contributed by atoms with Crippen LogP contribution >= 0.6 is 0 Å². The van der Waals surface area contributed by atoms with Crippen molar-refractivity contribution in [3.05, 3.63) is 0 Å². The van der Waals surface area contributed by atoms with Gasteiger partial charge in [0.05, 0.1) is 5.60 Å². The fraction of sp³-hybridized carbons (Fsp3) is 0.958. The second kappa shape index (κ2) is 9.87. The number of ketones is 1. The van der Waals surface area contributed by atoms with Crippen LogP contribution in [0.4, 0.5) is 0 Å². The molecule has 0 bridgehead atoms. The Morgan fingerprint density at radius 2 is 1.96 bits per heavy atom. The van der Waals surface area contributed by atoms with Gasteiger partial charge in [-0.2, -0.15) is 0 Å². The molecule has 0 aliphatic heterocycles. The summed E-state index contributed by atoms with van der Waals surface area (Å²) in [5, 5.41) is 0. The summed E-state index contributed by atoms with van der Waals surface area (Å²) in [4.78, 5) is 13.1. The Kier molecular flexibility index (Phi) is 8.36. The van der Waals surface area contributed by atoms with Gasteiger partial charge in [0.15, 0.2) is 0 Å². The third-order valence-corrected chi connectivity index (χ3v) is 7.79. The predicted octanol–water partition coefficient (Wildman–Crippen LogP) is 6.39. The molecule has 158 valence electrons. The smallest absolute Gasteiger partial charge is 0.147 e. The van der Waals surface area contributed by atoms with Crippen molar-refractivity contribution in [2.75, 3.05) is 13.9 Å². The standard InChI is InChI=1S/C24H44O3/c1-7-8-11-19-14-16-24(5)20(12-13-21(24)22(19)25)18(2)10-9-15-23(3,4)27-17-26-6/h18-21H,7-17H2,1-6H3/t18-,19-,20-,21+,24-/m1/s1. The van der Waals surface area contributed by atoms with E-state index in [4.69, 9.17) is 9.47 Å². The third kappa shape index (κ3) is 5.56. The summed E-state index contributed by atoms with van der Waals surface area (Å²) in [5.74, 6) is 2.71. The van der Waals surface area contributed by atoms with Gasteiger partial charge in [0.25, 0.3) is 0 Å². The van der Waals surface area contributed by atoms with E-state index in [2.05, 4.69) is 34.6 Å². The molecule has 0 amide bonds. The molecule has 2 rings (SSSR count). The second-order valence-corrected chi connectivity index (χ2v) is 10.2. The number of unbranched alkanes of at least 4 members (excludes halogenated alkanes) is 1. The van der Waals surface area contributed by atoms with Crippen LogP contribution in [0.15, 0.2) is 0 Å². The first-order valence-electron chi connectivity index (χ1n) is 11.4. The Labute approximate surface area is 168 Å². The quantitative estimate of drug-likeness (QED) is 0.389. The highest BCUT2D eigenvalue weighted by Crippen LogP contribution is 2.58. The molecule has 0 aromatic carbocycles. The first kappa shape index (κ1) is 22.9. The molecule has 0 radical (unpaired) electrons. The summed E-state index contributed by atoms with van der Waals surface area (Å²) >= 11 is 0. The van der Waals surface area contributed by atoms with Gasteiger partial charge in [-0.25, -0.2) is 0 Å². The minimum Gasteiger partial charge on any atom is -0.359 e. The van der Waals surface area contributed by atoms with Crippen LogP contribution in [0.3, 0.4) is 0 Å². The van der Waals surface area contributed by atoms with E-state index in [1.807, 2.05) is 0 Å². The molecule has 0 aromatic heterocycles. The fourth-order valence-electron chi connectivity index (χ4n) is 6.02. The SMILES string of the molecule is CCCC[C@@H]1CC[C@]2(C)[C@@H]([C@H](C)CCCC(C)(C)OCOC)CC[C@H]2C1=O. The van der Waals surface area contributed by atoms with Crippen molar-refractivity contribution in [3.63, 3.8) is 0 Å². The molecule has 0 spiro atoms. The largest absolute Gasteiger partial charge is 0.359 e. The maximum absolute atomic E-state index is 13.1. The zero-order chi connectivity index (χ0) is 20.1. The monoisotopic (exact) mass is 380 g/mol. The van der Waals surface area contributed by atoms with E-state index in [9.17, 15) is 4.79 Å². The first-order valence-corrected chi connectivity index (χ1v) is 11.4. The summed E-state index contributed by atoms with van der Waals surface area (Å²) in [6.45, 7) is 11.8. The minimum atomic E-state index is -0.120. The van der Waals surface area contributed by atoms with Crippen LogP contribution in [0.2, 0.25) is 0 Å². The summed E-state index contributed by atoms with van der Waals surface area (Å²) in [6, 6.07) is 0. The molecule has 3 heteroatoms. The molecule has 5 atom stereocenters. The maximum atomic E-state index is 13.1. The molecule has 0 aromatic rings. The van der Waals surface area contributed by atoms with E-state index in [0.717, 1.165) is 25.7 Å². The van der Waals surface area contributed by atoms with Crippen LogP contribution in [0, 0.1) is 29.1 Å². The Bertz CT molecular complexity index is 472. The number of hydrogen-bond acceptors (Lipinski definition) is 3. The number of carbonyl (C=O) groups is 1. The zero-order valence-corrected chi connectivity index (χ0v) is 18.8. The molecule has 3 nitrogen and oxygen atoms in total. The number of carbonyl (C=O) groups excluding carboxylic acids is 1. The Morgan fingerprint density at radius 3 is 2.63 bits per heavy atom. The van der Waals surface area contributed by atoms with E-state index < -0.39 is 0 Å². The van der Waals surface area contributed by atoms with E-state index in [1.165, 1.54) is 38.5 Å². The Morgan fingerprint density at radius 1 is 1.22 bits per heavy atom. The minimum absolute atomic E-state index is 0.120. The average molecular weight is 381 g/mol. The summed E-state index contributed by atoms with van der Waals surface area (Å²) in [7, 11) is 1.67. The molecular weight excluding hydrogens is 336 g/mol. The van der Waals surface area contributed by atoms with Gasteiger partial charge in [-0.05, 0) is 69.6 Å². The highest BCUT2D eigenvalue weighted by Gasteiger charge is 2.54. The van der Waals surface area contributed by atoms with Crippen LogP contribution in [0.1, 0.15) is 98.8 Å². The number of fused-ring (bicyclic) bond motifs is 1. The number of ether oxygens (including phenoxy) is 2. The van der Waals surface area contributed by atoms with Crippen molar-refractivity contribution in [2.45, 2.75) is 104 Å². The summed E-state index contributed by atoms with van der Waals surface area (Å²) < 4.78 is 10.8. The molecule has 2 saturated carbocycles. The molecule has 0 unspecified atom stereocenters. The van der Waals surface area contributed by atoms with Crippen LogP contribution in [0.5, 0.6) is 0 Å². The van der Waals surface area contributed by atoms with Gasteiger partial charge in [0.2, 0.25) is 0 Å². The maximum Gasteiger partial charge on any atom is 0.147 e. The van der Waals surface area contributed by atoms with Gasteiger partial charge in [-0.1, -0.05) is 46.5 Å². The van der Waals surface area contributed by atoms with Gasteiger partial charge < -0.3 is 9.47 Å². The predicted molar refractivity (Wildman–Crippen MR) is 112 cm³/mol. The van der Waals surface area contributed by atoms with Crippen molar-refractivity contribution in [3.8, 4) is 0 Å². The zero-order valence-electron chi connectivity index (χ0n) is 18.8. The van der Waals surface area contributed by atoms with Crippen molar-refractivity contribution in [1.82, 2.24) is 0 Å². The highest BCUT2D eigenvalue weighted by atomic mass is 16.7. The number of Topliss-reactive ketones (excluding diaryl/α,β-unsaturated/α-hetero) is 1. The lowest BCUT2D eigenvalue weighted by molar-refractivity contribution is -0.135. The lowest BCUT2D eigenvalue weighted by Crippen LogP contribution is -2.43. The molecule has 0 saturated heterocycles. The first-order chi connectivity index (χ1) is 12.7. The molecule has 2 aliphatic rings. The molecule has 0 heterocycles. The van der Waals surface area contributed by atoms with Gasteiger partial charge in [-0.15, -0.1) is 0 Å². The van der Waals surface area contributed by atoms with Crippen LogP contribution in [-0.4, -0.2) is 25.3 Å². The van der Waals surface area contributed by atoms with Crippen molar-refractivity contribution in [2.24, 2.45) is 29.1 Å². The Balaban J connectivity index is 1.88. The lowest BCUT2D eigenvalue weighted by atomic mass is 9.59. The van der Waals surface area contributed by atoms with E-state index in [-0.39, 0.29) is 11.0 Å². The van der Waals surface area contributed by atoms with E-state index in [0.29, 0.717) is 36.2 Å². The van der Waals surface area contributed by atoms with Gasteiger partial charge in [-0.3, -0.25) is 4.79 Å². The van der Waals surface area contributed by atoms with Crippen molar-refractivity contribution >= 4 is 5.78 Å². The molecule has 27 heavy (non-hydrogen) atoms. The van der Waals surface area contributed by atoms with E-state index >= 15 is 0 Å². The average Bonchev–Trinajstić information content (AvgIpc) is 2.97. The summed E-state index contributed by atoms with van der Waals surface area (Å²) in [5.41, 5.74) is 0.131. The van der Waals surface area contributed by atoms with Gasteiger partial charge in [0.1, 0.15) is 12.6 Å². The lowest BCUT2D eigenvalue weighted by Gasteiger charge is -2.44. The van der Waals surface area contributed by atoms with Gasteiger partial charge in [0, 0.05) is 18.9 Å². The normalized spacial score (nSPS) is 32.5. The van der Waals surface area contributed by atoms with Gasteiger partial charge >= 0.3 is 0 Å². The molecule has 2 aliphatic carbocycles. The molecule has 0 N–H and O–H groups in total. The highest BCUT2D eigenvalue weighted by molar-refractivity contribution is 5.85. The number of methoxy groups -OCH3 is 1. The third-order valence-electron chi connectivity index (χ3n) is 7.79. The van der Waals surface area contributed by atoms with Crippen LogP contribution in [0.25, 0.3) is 0 Å². The molecule has 2 fully saturated rings. The topological polar surface area (TPSA) is 35.5 Å². The van der Waals surface area contributed by atoms with Crippen LogP contribution < -0.4 is 0 Å².